The topological polar surface area (TPSA) is 90.1 Å². The van der Waals surface area contributed by atoms with Gasteiger partial charge in [-0.05, 0) is 18.6 Å². The molecule has 7 nitrogen and oxygen atoms in total. The molecule has 1 fully saturated rings. The molecular formula is C18H17ClN4O3. The number of nitrogens with zero attached hydrogens (tertiary/aromatic N) is 4. The van der Waals surface area contributed by atoms with E-state index in [1.54, 1.807) is 30.6 Å². The van der Waals surface area contributed by atoms with Crippen LogP contribution in [0.25, 0.3) is 11.2 Å². The van der Waals surface area contributed by atoms with Crippen molar-refractivity contribution in [3.05, 3.63) is 53.7 Å². The van der Waals surface area contributed by atoms with Crippen molar-refractivity contribution in [2.45, 2.75) is 12.5 Å². The number of hydrogen-bond acceptors (Lipinski definition) is 6. The monoisotopic (exact) mass is 372 g/mol. The molecule has 134 valence electrons. The highest BCUT2D eigenvalue weighted by atomic mass is 35.5. The van der Waals surface area contributed by atoms with Crippen LogP contribution in [0.5, 0.6) is 0 Å². The van der Waals surface area contributed by atoms with Crippen LogP contribution in [-0.4, -0.2) is 43.8 Å². The van der Waals surface area contributed by atoms with E-state index in [1.165, 1.54) is 6.33 Å². The number of ether oxygens (including phenoxy) is 1. The fourth-order valence-corrected chi connectivity index (χ4v) is 3.64. The summed E-state index contributed by atoms with van der Waals surface area (Å²) >= 11 is 6.04. The Kier molecular flexibility index (Phi) is 4.57. The molecule has 2 heterocycles. The number of benzene rings is 1. The van der Waals surface area contributed by atoms with Crippen LogP contribution in [0.4, 0.5) is 0 Å². The molecule has 1 N–H and O–H groups in total. The molecule has 1 aliphatic carbocycles. The van der Waals surface area contributed by atoms with Gasteiger partial charge in [0.05, 0.1) is 18.5 Å². The number of aliphatic hydroxyl groups is 1. The van der Waals surface area contributed by atoms with Crippen LogP contribution in [0, 0.1) is 11.8 Å². The molecule has 1 aliphatic rings. The van der Waals surface area contributed by atoms with Crippen LogP contribution in [0.1, 0.15) is 22.8 Å². The van der Waals surface area contributed by atoms with Crippen LogP contribution in [0.2, 0.25) is 5.15 Å². The number of halogens is 1. The van der Waals surface area contributed by atoms with E-state index in [9.17, 15) is 9.90 Å². The standard InChI is InChI=1S/C18H17ClN4O3/c19-16-15-17(21-9-20-16)23(10-22-15)14-6-12(13(14)7-24)8-26-18(25)11-4-2-1-3-5-11/h1-5,9-10,12-14,24H,6-8H2/t12-,13-,14-/m1/s1. The van der Waals surface area contributed by atoms with Crippen molar-refractivity contribution in [3.63, 3.8) is 0 Å². The van der Waals surface area contributed by atoms with Crippen molar-refractivity contribution >= 4 is 28.7 Å². The Balaban J connectivity index is 1.44. The molecule has 1 saturated carbocycles. The third-order valence-corrected chi connectivity index (χ3v) is 5.24. The van der Waals surface area contributed by atoms with Gasteiger partial charge in [-0.2, -0.15) is 0 Å². The Morgan fingerprint density at radius 2 is 2.08 bits per heavy atom. The predicted octanol–water partition coefficient (Wildman–Crippen LogP) is 2.51. The summed E-state index contributed by atoms with van der Waals surface area (Å²) < 4.78 is 7.33. The highest BCUT2D eigenvalue weighted by molar-refractivity contribution is 6.33. The number of aromatic nitrogens is 4. The van der Waals surface area contributed by atoms with Crippen molar-refractivity contribution in [2.24, 2.45) is 11.8 Å². The van der Waals surface area contributed by atoms with E-state index < -0.39 is 0 Å². The van der Waals surface area contributed by atoms with Gasteiger partial charge in [0.15, 0.2) is 10.8 Å². The summed E-state index contributed by atoms with van der Waals surface area (Å²) in [5.74, 6) is -0.296. The lowest BCUT2D eigenvalue weighted by Crippen LogP contribution is -2.43. The minimum atomic E-state index is -0.349. The van der Waals surface area contributed by atoms with Crippen molar-refractivity contribution in [3.8, 4) is 0 Å². The Labute approximate surface area is 154 Å². The summed E-state index contributed by atoms with van der Waals surface area (Å²) in [5.41, 5.74) is 1.72. The van der Waals surface area contributed by atoms with E-state index in [4.69, 9.17) is 16.3 Å². The van der Waals surface area contributed by atoms with Gasteiger partial charge in [-0.25, -0.2) is 19.7 Å². The summed E-state index contributed by atoms with van der Waals surface area (Å²) in [4.78, 5) is 24.5. The summed E-state index contributed by atoms with van der Waals surface area (Å²) in [5, 5.41) is 10.1. The average Bonchev–Trinajstić information content (AvgIpc) is 3.07. The number of hydrogen-bond donors (Lipinski definition) is 1. The Hall–Kier alpha value is -2.51. The second kappa shape index (κ2) is 7.01. The number of esters is 1. The molecule has 1 aromatic carbocycles. The SMILES string of the molecule is O=C(OC[C@H]1C[C@@H](n2cnc3c(Cl)ncnc32)[C@@H]1CO)c1ccccc1. The highest BCUT2D eigenvalue weighted by Crippen LogP contribution is 2.45. The Morgan fingerprint density at radius 3 is 2.85 bits per heavy atom. The Morgan fingerprint density at radius 1 is 1.27 bits per heavy atom. The second-order valence-corrected chi connectivity index (χ2v) is 6.72. The lowest BCUT2D eigenvalue weighted by atomic mass is 9.70. The first kappa shape index (κ1) is 16.9. The highest BCUT2D eigenvalue weighted by Gasteiger charge is 2.43. The number of fused-ring (bicyclic) bond motifs is 1. The maximum absolute atomic E-state index is 12.1. The maximum Gasteiger partial charge on any atom is 0.338 e. The molecule has 0 radical (unpaired) electrons. The van der Waals surface area contributed by atoms with Gasteiger partial charge in [-0.1, -0.05) is 29.8 Å². The molecule has 0 saturated heterocycles. The lowest BCUT2D eigenvalue weighted by molar-refractivity contribution is -0.0205. The molecule has 8 heteroatoms. The smallest absolute Gasteiger partial charge is 0.338 e. The first-order valence-corrected chi connectivity index (χ1v) is 8.73. The molecule has 0 spiro atoms. The van der Waals surface area contributed by atoms with E-state index in [1.807, 2.05) is 10.6 Å². The number of aliphatic hydroxyl groups excluding tert-OH is 1. The Bertz CT molecular complexity index is 931. The number of imidazole rings is 1. The van der Waals surface area contributed by atoms with Gasteiger partial charge >= 0.3 is 5.97 Å². The summed E-state index contributed by atoms with van der Waals surface area (Å²) in [7, 11) is 0. The quantitative estimate of drug-likeness (QED) is 0.546. The minimum Gasteiger partial charge on any atom is -0.462 e. The summed E-state index contributed by atoms with van der Waals surface area (Å²) in [6.45, 7) is 0.272. The van der Waals surface area contributed by atoms with Gasteiger partial charge in [0, 0.05) is 24.5 Å². The van der Waals surface area contributed by atoms with Gasteiger partial charge in [0.1, 0.15) is 11.8 Å². The van der Waals surface area contributed by atoms with Crippen LogP contribution >= 0.6 is 11.6 Å². The zero-order valence-corrected chi connectivity index (χ0v) is 14.6. The summed E-state index contributed by atoms with van der Waals surface area (Å²) in [6.07, 6.45) is 3.83. The third kappa shape index (κ3) is 2.93. The van der Waals surface area contributed by atoms with Crippen LogP contribution < -0.4 is 0 Å². The molecule has 0 bridgehead atoms. The van der Waals surface area contributed by atoms with Gasteiger partial charge in [0.25, 0.3) is 0 Å². The van der Waals surface area contributed by atoms with E-state index in [0.717, 1.165) is 6.42 Å². The average molecular weight is 373 g/mol. The predicted molar refractivity (Wildman–Crippen MR) is 94.8 cm³/mol. The molecule has 4 rings (SSSR count). The zero-order valence-electron chi connectivity index (χ0n) is 13.8. The third-order valence-electron chi connectivity index (χ3n) is 4.96. The number of carbonyl (C=O) groups is 1. The molecule has 2 aromatic heterocycles. The largest absolute Gasteiger partial charge is 0.462 e. The fraction of sp³-hybridized carbons (Fsp3) is 0.333. The van der Waals surface area contributed by atoms with Crippen molar-refractivity contribution in [2.75, 3.05) is 13.2 Å². The minimum absolute atomic E-state index is 0.00326. The lowest BCUT2D eigenvalue weighted by Gasteiger charge is -2.44. The van der Waals surface area contributed by atoms with Gasteiger partial charge in [-0.3, -0.25) is 0 Å². The van der Waals surface area contributed by atoms with Gasteiger partial charge in [-0.15, -0.1) is 0 Å². The first-order chi connectivity index (χ1) is 12.7. The van der Waals surface area contributed by atoms with Gasteiger partial charge in [0.2, 0.25) is 0 Å². The van der Waals surface area contributed by atoms with Crippen LogP contribution in [0.15, 0.2) is 43.0 Å². The molecule has 0 unspecified atom stereocenters. The molecule has 26 heavy (non-hydrogen) atoms. The van der Waals surface area contributed by atoms with E-state index >= 15 is 0 Å². The molecule has 3 atom stereocenters. The molecule has 0 aliphatic heterocycles. The molecular weight excluding hydrogens is 356 g/mol. The number of rotatable bonds is 5. The van der Waals surface area contributed by atoms with Gasteiger partial charge < -0.3 is 14.4 Å². The van der Waals surface area contributed by atoms with E-state index in [0.29, 0.717) is 21.9 Å². The summed E-state index contributed by atoms with van der Waals surface area (Å²) in [6, 6.07) is 8.91. The normalized spacial score (nSPS) is 22.2. The molecule has 3 aromatic rings. The van der Waals surface area contributed by atoms with E-state index in [-0.39, 0.29) is 37.1 Å². The van der Waals surface area contributed by atoms with Crippen molar-refractivity contribution in [1.82, 2.24) is 19.5 Å². The first-order valence-electron chi connectivity index (χ1n) is 8.35. The van der Waals surface area contributed by atoms with E-state index in [2.05, 4.69) is 15.0 Å². The van der Waals surface area contributed by atoms with Crippen molar-refractivity contribution < 1.29 is 14.6 Å². The molecule has 0 amide bonds. The zero-order chi connectivity index (χ0) is 18.1. The van der Waals surface area contributed by atoms with Crippen molar-refractivity contribution in [1.29, 1.82) is 0 Å². The fourth-order valence-electron chi connectivity index (χ4n) is 3.47. The maximum atomic E-state index is 12.1. The van der Waals surface area contributed by atoms with Crippen LogP contribution in [0.3, 0.4) is 0 Å². The van der Waals surface area contributed by atoms with Crippen LogP contribution in [-0.2, 0) is 4.74 Å². The number of carbonyl (C=O) groups excluding carboxylic acids is 1. The second-order valence-electron chi connectivity index (χ2n) is 6.36.